The Balaban J connectivity index is 2.22. The van der Waals surface area contributed by atoms with Crippen molar-refractivity contribution in [3.63, 3.8) is 0 Å². The van der Waals surface area contributed by atoms with Gasteiger partial charge in [0.05, 0.1) is 13.7 Å². The Morgan fingerprint density at radius 1 is 1.44 bits per heavy atom. The lowest BCUT2D eigenvalue weighted by Gasteiger charge is -2.14. The van der Waals surface area contributed by atoms with Crippen LogP contribution in [-0.2, 0) is 6.54 Å². The Kier molecular flexibility index (Phi) is 3.56. The topological polar surface area (TPSA) is 44.5 Å². The zero-order chi connectivity index (χ0) is 11.5. The number of nitrogens with two attached hydrogens (primary N) is 1. The second kappa shape index (κ2) is 4.93. The van der Waals surface area contributed by atoms with Gasteiger partial charge in [0.2, 0.25) is 0 Å². The molecule has 88 valence electrons. The van der Waals surface area contributed by atoms with E-state index in [1.54, 1.807) is 13.2 Å². The Bertz CT molecular complexity index is 352. The van der Waals surface area contributed by atoms with E-state index in [1.165, 1.54) is 12.8 Å². The monoisotopic (exact) mass is 241 g/mol. The van der Waals surface area contributed by atoms with Crippen molar-refractivity contribution in [1.29, 1.82) is 0 Å². The Morgan fingerprint density at radius 2 is 2.19 bits per heavy atom. The molecule has 0 spiro atoms. The predicted octanol–water partition coefficient (Wildman–Crippen LogP) is 2.60. The van der Waals surface area contributed by atoms with Crippen LogP contribution >= 0.6 is 11.6 Å². The second-order valence-electron chi connectivity index (χ2n) is 4.05. The average molecular weight is 242 g/mol. The fourth-order valence-corrected chi connectivity index (χ4v) is 1.81. The summed E-state index contributed by atoms with van der Waals surface area (Å²) >= 11 is 5.96. The van der Waals surface area contributed by atoms with E-state index >= 15 is 0 Å². The summed E-state index contributed by atoms with van der Waals surface area (Å²) < 4.78 is 11.0. The van der Waals surface area contributed by atoms with Crippen molar-refractivity contribution in [3.05, 3.63) is 22.7 Å². The minimum atomic E-state index is 0.400. The standard InChI is InChI=1S/C12H16ClNO2/c1-15-11-5-10(13)4-9(6-14)12(11)16-7-8-2-3-8/h4-5,8H,2-3,6-7,14H2,1H3. The van der Waals surface area contributed by atoms with E-state index in [-0.39, 0.29) is 0 Å². The SMILES string of the molecule is COc1cc(Cl)cc(CN)c1OCC1CC1. The molecule has 4 heteroatoms. The lowest BCUT2D eigenvalue weighted by Crippen LogP contribution is -2.06. The van der Waals surface area contributed by atoms with Gasteiger partial charge in [0, 0.05) is 23.2 Å². The van der Waals surface area contributed by atoms with Crippen molar-refractivity contribution >= 4 is 11.6 Å². The largest absolute Gasteiger partial charge is 0.493 e. The predicted molar refractivity (Wildman–Crippen MR) is 64.1 cm³/mol. The lowest BCUT2D eigenvalue weighted by atomic mass is 10.2. The molecule has 16 heavy (non-hydrogen) atoms. The van der Waals surface area contributed by atoms with Crippen LogP contribution in [0.2, 0.25) is 5.02 Å². The number of rotatable bonds is 5. The summed E-state index contributed by atoms with van der Waals surface area (Å²) in [6, 6.07) is 3.58. The molecule has 0 aromatic heterocycles. The van der Waals surface area contributed by atoms with Gasteiger partial charge in [-0.1, -0.05) is 11.6 Å². The normalized spacial score (nSPS) is 14.9. The van der Waals surface area contributed by atoms with Crippen LogP contribution in [0.5, 0.6) is 11.5 Å². The third-order valence-corrected chi connectivity index (χ3v) is 2.91. The van der Waals surface area contributed by atoms with Crippen molar-refractivity contribution in [1.82, 2.24) is 0 Å². The number of hydrogen-bond acceptors (Lipinski definition) is 3. The van der Waals surface area contributed by atoms with Crippen molar-refractivity contribution in [2.24, 2.45) is 11.7 Å². The fraction of sp³-hybridized carbons (Fsp3) is 0.500. The van der Waals surface area contributed by atoms with E-state index < -0.39 is 0 Å². The molecule has 1 aliphatic carbocycles. The van der Waals surface area contributed by atoms with E-state index in [0.29, 0.717) is 23.2 Å². The van der Waals surface area contributed by atoms with Crippen molar-refractivity contribution in [2.75, 3.05) is 13.7 Å². The van der Waals surface area contributed by atoms with Gasteiger partial charge in [-0.05, 0) is 24.8 Å². The summed E-state index contributed by atoms with van der Waals surface area (Å²) in [6.45, 7) is 1.14. The molecule has 1 saturated carbocycles. The fourth-order valence-electron chi connectivity index (χ4n) is 1.58. The molecule has 3 nitrogen and oxygen atoms in total. The van der Waals surface area contributed by atoms with Crippen LogP contribution in [0, 0.1) is 5.92 Å². The first kappa shape index (κ1) is 11.6. The average Bonchev–Trinajstić information content (AvgIpc) is 3.10. The summed E-state index contributed by atoms with van der Waals surface area (Å²) in [5, 5.41) is 0.621. The summed E-state index contributed by atoms with van der Waals surface area (Å²) in [7, 11) is 1.61. The Hall–Kier alpha value is -0.930. The van der Waals surface area contributed by atoms with E-state index in [0.717, 1.165) is 17.9 Å². The molecule has 0 atom stereocenters. The maximum Gasteiger partial charge on any atom is 0.165 e. The Morgan fingerprint density at radius 3 is 2.75 bits per heavy atom. The zero-order valence-corrected chi connectivity index (χ0v) is 10.1. The number of halogens is 1. The van der Waals surface area contributed by atoms with E-state index in [2.05, 4.69) is 0 Å². The maximum absolute atomic E-state index is 5.96. The van der Waals surface area contributed by atoms with Gasteiger partial charge in [0.1, 0.15) is 0 Å². The summed E-state index contributed by atoms with van der Waals surface area (Å²) in [5.74, 6) is 2.10. The van der Waals surface area contributed by atoms with Gasteiger partial charge in [-0.15, -0.1) is 0 Å². The van der Waals surface area contributed by atoms with Gasteiger partial charge >= 0.3 is 0 Å². The molecule has 0 unspecified atom stereocenters. The number of benzene rings is 1. The molecule has 1 aliphatic rings. The zero-order valence-electron chi connectivity index (χ0n) is 9.33. The minimum Gasteiger partial charge on any atom is -0.493 e. The van der Waals surface area contributed by atoms with E-state index in [9.17, 15) is 0 Å². The van der Waals surface area contributed by atoms with Crippen molar-refractivity contribution in [2.45, 2.75) is 19.4 Å². The van der Waals surface area contributed by atoms with Gasteiger partial charge in [0.25, 0.3) is 0 Å². The van der Waals surface area contributed by atoms with Crippen molar-refractivity contribution < 1.29 is 9.47 Å². The molecule has 0 aliphatic heterocycles. The van der Waals surface area contributed by atoms with Crippen LogP contribution in [0.4, 0.5) is 0 Å². The third kappa shape index (κ3) is 2.60. The first-order valence-electron chi connectivity index (χ1n) is 5.44. The van der Waals surface area contributed by atoms with Gasteiger partial charge < -0.3 is 15.2 Å². The molecular formula is C12H16ClNO2. The summed E-state index contributed by atoms with van der Waals surface area (Å²) in [6.07, 6.45) is 2.52. The van der Waals surface area contributed by atoms with E-state index in [1.807, 2.05) is 6.07 Å². The first-order valence-corrected chi connectivity index (χ1v) is 5.81. The highest BCUT2D eigenvalue weighted by Gasteiger charge is 2.23. The highest BCUT2D eigenvalue weighted by Crippen LogP contribution is 2.37. The van der Waals surface area contributed by atoms with Crippen LogP contribution in [0.25, 0.3) is 0 Å². The highest BCUT2D eigenvalue weighted by molar-refractivity contribution is 6.30. The van der Waals surface area contributed by atoms with Crippen LogP contribution in [-0.4, -0.2) is 13.7 Å². The maximum atomic E-state index is 5.96. The van der Waals surface area contributed by atoms with Gasteiger partial charge in [0.15, 0.2) is 11.5 Å². The first-order chi connectivity index (χ1) is 7.74. The number of methoxy groups -OCH3 is 1. The molecule has 2 rings (SSSR count). The third-order valence-electron chi connectivity index (χ3n) is 2.70. The number of hydrogen-bond donors (Lipinski definition) is 1. The van der Waals surface area contributed by atoms with Crippen LogP contribution in [0.15, 0.2) is 12.1 Å². The summed E-state index contributed by atoms with van der Waals surface area (Å²) in [4.78, 5) is 0. The molecule has 0 bridgehead atoms. The van der Waals surface area contributed by atoms with Crippen LogP contribution < -0.4 is 15.2 Å². The summed E-state index contributed by atoms with van der Waals surface area (Å²) in [5.41, 5.74) is 6.56. The molecule has 1 fully saturated rings. The van der Waals surface area contributed by atoms with Gasteiger partial charge in [-0.25, -0.2) is 0 Å². The quantitative estimate of drug-likeness (QED) is 0.862. The number of ether oxygens (including phenoxy) is 2. The highest BCUT2D eigenvalue weighted by atomic mass is 35.5. The van der Waals surface area contributed by atoms with Crippen molar-refractivity contribution in [3.8, 4) is 11.5 Å². The molecule has 1 aromatic carbocycles. The lowest BCUT2D eigenvalue weighted by molar-refractivity contribution is 0.277. The van der Waals surface area contributed by atoms with Gasteiger partial charge in [-0.2, -0.15) is 0 Å². The molecule has 2 N–H and O–H groups in total. The molecule has 0 amide bonds. The molecule has 0 radical (unpaired) electrons. The minimum absolute atomic E-state index is 0.400. The van der Waals surface area contributed by atoms with Gasteiger partial charge in [-0.3, -0.25) is 0 Å². The smallest absolute Gasteiger partial charge is 0.165 e. The van der Waals surface area contributed by atoms with E-state index in [4.69, 9.17) is 26.8 Å². The second-order valence-corrected chi connectivity index (χ2v) is 4.49. The molecule has 0 saturated heterocycles. The van der Waals surface area contributed by atoms with Crippen LogP contribution in [0.1, 0.15) is 18.4 Å². The Labute approximate surface area is 100 Å². The molecule has 1 aromatic rings. The molecule has 0 heterocycles. The van der Waals surface area contributed by atoms with Crippen LogP contribution in [0.3, 0.4) is 0 Å². The molecular weight excluding hydrogens is 226 g/mol.